The summed E-state index contributed by atoms with van der Waals surface area (Å²) in [4.78, 5) is 12.4. The van der Waals surface area contributed by atoms with Crippen molar-refractivity contribution in [2.75, 3.05) is 0 Å². The van der Waals surface area contributed by atoms with Gasteiger partial charge in [0.2, 0.25) is 0 Å². The van der Waals surface area contributed by atoms with Crippen molar-refractivity contribution in [3.05, 3.63) is 58.9 Å². The van der Waals surface area contributed by atoms with E-state index >= 15 is 0 Å². The summed E-state index contributed by atoms with van der Waals surface area (Å²) in [7, 11) is 0. The van der Waals surface area contributed by atoms with Gasteiger partial charge >= 0.3 is 0 Å². The molecule has 0 aliphatic heterocycles. The normalized spacial score (nSPS) is 17.8. The summed E-state index contributed by atoms with van der Waals surface area (Å²) >= 11 is 0. The molecular formula is C20H25NO. The van der Waals surface area contributed by atoms with Gasteiger partial charge in [-0.3, -0.25) is 4.79 Å². The molecule has 1 aliphatic rings. The Bertz CT molecular complexity index is 667. The number of carbonyl (C=O) groups excluding carboxylic acids is 1. The first kappa shape index (κ1) is 15.1. The minimum atomic E-state index is 0.325. The van der Waals surface area contributed by atoms with Gasteiger partial charge in [-0.25, -0.2) is 0 Å². The molecule has 1 heterocycles. The molecule has 2 heteroatoms. The average Bonchev–Trinajstić information content (AvgIpc) is 2.78. The third kappa shape index (κ3) is 3.01. The standard InChI is InChI=1S/C20H25NO/c1-14(2)9-17-12-18-19(10-15(3)11-20(18)22)21(17)13-16-7-5-4-6-8-16/h4-8,12,14-15H,9-11,13H2,1-3H3. The summed E-state index contributed by atoms with van der Waals surface area (Å²) < 4.78 is 2.40. The first-order valence-electron chi connectivity index (χ1n) is 8.33. The monoisotopic (exact) mass is 295 g/mol. The molecule has 1 aromatic heterocycles. The highest BCUT2D eigenvalue weighted by Crippen LogP contribution is 2.30. The van der Waals surface area contributed by atoms with Crippen molar-refractivity contribution in [2.45, 2.75) is 46.6 Å². The number of Topliss-reactive ketones (excluding diaryl/α,β-unsaturated/α-hetero) is 1. The maximum atomic E-state index is 12.4. The number of carbonyl (C=O) groups is 1. The molecule has 0 N–H and O–H groups in total. The molecule has 0 saturated carbocycles. The first-order chi connectivity index (χ1) is 10.5. The van der Waals surface area contributed by atoms with E-state index in [0.29, 0.717) is 24.0 Å². The SMILES string of the molecule is CC(C)Cc1cc2c(n1Cc1ccccc1)CC(C)CC2=O. The zero-order valence-electron chi connectivity index (χ0n) is 13.8. The molecule has 0 spiro atoms. The molecule has 3 rings (SSSR count). The Kier molecular flexibility index (Phi) is 4.19. The highest BCUT2D eigenvalue weighted by atomic mass is 16.1. The van der Waals surface area contributed by atoms with E-state index in [1.165, 1.54) is 17.0 Å². The van der Waals surface area contributed by atoms with Crippen molar-refractivity contribution in [1.82, 2.24) is 4.57 Å². The van der Waals surface area contributed by atoms with Crippen LogP contribution in [0.3, 0.4) is 0 Å². The van der Waals surface area contributed by atoms with Crippen LogP contribution in [-0.2, 0) is 19.4 Å². The van der Waals surface area contributed by atoms with E-state index in [0.717, 1.165) is 24.9 Å². The molecule has 0 radical (unpaired) electrons. The van der Waals surface area contributed by atoms with Crippen LogP contribution in [0.1, 0.15) is 54.5 Å². The quantitative estimate of drug-likeness (QED) is 0.814. The van der Waals surface area contributed by atoms with Crippen LogP contribution in [0.2, 0.25) is 0 Å². The average molecular weight is 295 g/mol. The molecule has 0 amide bonds. The van der Waals surface area contributed by atoms with Crippen LogP contribution in [0, 0.1) is 11.8 Å². The Morgan fingerprint density at radius 2 is 1.91 bits per heavy atom. The fourth-order valence-corrected chi connectivity index (χ4v) is 3.49. The van der Waals surface area contributed by atoms with Crippen LogP contribution < -0.4 is 0 Å². The van der Waals surface area contributed by atoms with Gasteiger partial charge in [-0.05, 0) is 36.3 Å². The van der Waals surface area contributed by atoms with Gasteiger partial charge in [-0.1, -0.05) is 51.1 Å². The third-order valence-electron chi connectivity index (χ3n) is 4.47. The number of hydrogen-bond acceptors (Lipinski definition) is 1. The molecule has 0 fully saturated rings. The van der Waals surface area contributed by atoms with Crippen LogP contribution in [0.4, 0.5) is 0 Å². The Morgan fingerprint density at radius 1 is 1.18 bits per heavy atom. The van der Waals surface area contributed by atoms with Gasteiger partial charge in [0.05, 0.1) is 0 Å². The predicted molar refractivity (Wildman–Crippen MR) is 90.3 cm³/mol. The van der Waals surface area contributed by atoms with Crippen molar-refractivity contribution < 1.29 is 4.79 Å². The predicted octanol–water partition coefficient (Wildman–Crippen LogP) is 4.50. The van der Waals surface area contributed by atoms with Gasteiger partial charge in [0.1, 0.15) is 0 Å². The number of hydrogen-bond donors (Lipinski definition) is 0. The van der Waals surface area contributed by atoms with E-state index < -0.39 is 0 Å². The van der Waals surface area contributed by atoms with E-state index in [2.05, 4.69) is 61.7 Å². The molecule has 1 atom stereocenters. The zero-order chi connectivity index (χ0) is 15.7. The Hall–Kier alpha value is -1.83. The lowest BCUT2D eigenvalue weighted by atomic mass is 9.88. The largest absolute Gasteiger partial charge is 0.343 e. The van der Waals surface area contributed by atoms with Crippen LogP contribution in [0.5, 0.6) is 0 Å². The maximum absolute atomic E-state index is 12.4. The molecule has 0 saturated heterocycles. The topological polar surface area (TPSA) is 22.0 Å². The van der Waals surface area contributed by atoms with E-state index in [4.69, 9.17) is 0 Å². The second-order valence-corrected chi connectivity index (χ2v) is 7.10. The molecule has 1 aliphatic carbocycles. The van der Waals surface area contributed by atoms with E-state index in [9.17, 15) is 4.79 Å². The lowest BCUT2D eigenvalue weighted by Gasteiger charge is -2.21. The fraction of sp³-hybridized carbons (Fsp3) is 0.450. The number of benzene rings is 1. The van der Waals surface area contributed by atoms with Gasteiger partial charge < -0.3 is 4.57 Å². The lowest BCUT2D eigenvalue weighted by molar-refractivity contribution is 0.0952. The van der Waals surface area contributed by atoms with Gasteiger partial charge in [-0.2, -0.15) is 0 Å². The minimum absolute atomic E-state index is 0.325. The number of rotatable bonds is 4. The van der Waals surface area contributed by atoms with Crippen molar-refractivity contribution in [3.63, 3.8) is 0 Å². The molecule has 116 valence electrons. The number of aromatic nitrogens is 1. The smallest absolute Gasteiger partial charge is 0.164 e. The Labute approximate surface area is 133 Å². The second kappa shape index (κ2) is 6.12. The molecular weight excluding hydrogens is 270 g/mol. The number of fused-ring (bicyclic) bond motifs is 1. The van der Waals surface area contributed by atoms with Crippen molar-refractivity contribution in [3.8, 4) is 0 Å². The van der Waals surface area contributed by atoms with Gasteiger partial charge in [0.25, 0.3) is 0 Å². The molecule has 1 unspecified atom stereocenters. The first-order valence-corrected chi connectivity index (χ1v) is 8.33. The maximum Gasteiger partial charge on any atom is 0.164 e. The zero-order valence-corrected chi connectivity index (χ0v) is 13.8. The van der Waals surface area contributed by atoms with Gasteiger partial charge in [0, 0.05) is 29.9 Å². The summed E-state index contributed by atoms with van der Waals surface area (Å²) in [6, 6.07) is 12.7. The van der Waals surface area contributed by atoms with Crippen molar-refractivity contribution in [2.24, 2.45) is 11.8 Å². The lowest BCUT2D eigenvalue weighted by Crippen LogP contribution is -2.20. The molecule has 22 heavy (non-hydrogen) atoms. The summed E-state index contributed by atoms with van der Waals surface area (Å²) in [5.74, 6) is 1.38. The summed E-state index contributed by atoms with van der Waals surface area (Å²) in [5.41, 5.74) is 4.84. The third-order valence-corrected chi connectivity index (χ3v) is 4.47. The highest BCUT2D eigenvalue weighted by molar-refractivity contribution is 5.98. The Morgan fingerprint density at radius 3 is 2.59 bits per heavy atom. The van der Waals surface area contributed by atoms with Gasteiger partial charge in [0.15, 0.2) is 5.78 Å². The molecule has 2 nitrogen and oxygen atoms in total. The fourth-order valence-electron chi connectivity index (χ4n) is 3.49. The summed E-state index contributed by atoms with van der Waals surface area (Å²) in [6.07, 6.45) is 2.75. The Balaban J connectivity index is 2.03. The number of ketones is 1. The van der Waals surface area contributed by atoms with E-state index in [-0.39, 0.29) is 0 Å². The number of nitrogens with zero attached hydrogens (tertiary/aromatic N) is 1. The summed E-state index contributed by atoms with van der Waals surface area (Å²) in [5, 5.41) is 0. The molecule has 1 aromatic carbocycles. The minimum Gasteiger partial charge on any atom is -0.343 e. The summed E-state index contributed by atoms with van der Waals surface area (Å²) in [6.45, 7) is 7.54. The van der Waals surface area contributed by atoms with E-state index in [1.807, 2.05) is 0 Å². The van der Waals surface area contributed by atoms with E-state index in [1.54, 1.807) is 0 Å². The van der Waals surface area contributed by atoms with Crippen LogP contribution in [-0.4, -0.2) is 10.4 Å². The molecule has 2 aromatic rings. The highest BCUT2D eigenvalue weighted by Gasteiger charge is 2.27. The van der Waals surface area contributed by atoms with Crippen LogP contribution >= 0.6 is 0 Å². The van der Waals surface area contributed by atoms with Crippen molar-refractivity contribution >= 4 is 5.78 Å². The van der Waals surface area contributed by atoms with Crippen LogP contribution in [0.25, 0.3) is 0 Å². The molecule has 0 bridgehead atoms. The van der Waals surface area contributed by atoms with Gasteiger partial charge in [-0.15, -0.1) is 0 Å². The van der Waals surface area contributed by atoms with Crippen molar-refractivity contribution in [1.29, 1.82) is 0 Å². The second-order valence-electron chi connectivity index (χ2n) is 7.10. The van der Waals surface area contributed by atoms with Crippen LogP contribution in [0.15, 0.2) is 36.4 Å².